The first-order valence-corrected chi connectivity index (χ1v) is 4.48. The lowest BCUT2D eigenvalue weighted by Gasteiger charge is -2.40. The average Bonchev–Trinajstić information content (AvgIpc) is 1.95. The third-order valence-electron chi connectivity index (χ3n) is 3.45. The Labute approximate surface area is 69.4 Å². The lowest BCUT2D eigenvalue weighted by Crippen LogP contribution is -2.33. The number of rotatable bonds is 0. The van der Waals surface area contributed by atoms with E-state index in [0.717, 1.165) is 6.42 Å². The van der Waals surface area contributed by atoms with E-state index < -0.39 is 0 Å². The van der Waals surface area contributed by atoms with E-state index in [2.05, 4.69) is 26.8 Å². The molecule has 0 saturated heterocycles. The van der Waals surface area contributed by atoms with E-state index in [0.29, 0.717) is 5.92 Å². The van der Waals surface area contributed by atoms with Crippen LogP contribution in [0.15, 0.2) is 0 Å². The zero-order chi connectivity index (χ0) is 8.48. The molecule has 1 aliphatic carbocycles. The summed E-state index contributed by atoms with van der Waals surface area (Å²) in [7, 11) is 0. The van der Waals surface area contributed by atoms with Gasteiger partial charge in [-0.3, -0.25) is 0 Å². The van der Waals surface area contributed by atoms with Gasteiger partial charge in [0.2, 0.25) is 0 Å². The van der Waals surface area contributed by atoms with Gasteiger partial charge >= 0.3 is 0 Å². The third-order valence-corrected chi connectivity index (χ3v) is 3.45. The lowest BCUT2D eigenvalue weighted by molar-refractivity contribution is 0.106. The Morgan fingerprint density at radius 1 is 1.36 bits per heavy atom. The van der Waals surface area contributed by atoms with Crippen LogP contribution in [0.3, 0.4) is 0 Å². The van der Waals surface area contributed by atoms with Crippen molar-refractivity contribution in [1.29, 1.82) is 5.26 Å². The van der Waals surface area contributed by atoms with Crippen molar-refractivity contribution < 1.29 is 0 Å². The molecule has 0 radical (unpaired) electrons. The van der Waals surface area contributed by atoms with Crippen LogP contribution in [0, 0.1) is 28.6 Å². The molecule has 0 aliphatic heterocycles. The summed E-state index contributed by atoms with van der Waals surface area (Å²) >= 11 is 0. The van der Waals surface area contributed by atoms with Crippen molar-refractivity contribution >= 4 is 0 Å². The van der Waals surface area contributed by atoms with Crippen molar-refractivity contribution in [1.82, 2.24) is 0 Å². The summed E-state index contributed by atoms with van der Waals surface area (Å²) in [5, 5.41) is 8.89. The van der Waals surface area contributed by atoms with Crippen molar-refractivity contribution in [3.05, 3.63) is 0 Å². The highest BCUT2D eigenvalue weighted by atomic mass is 14.4. The van der Waals surface area contributed by atoms with Gasteiger partial charge in [-0.1, -0.05) is 33.6 Å². The molecule has 0 N–H and O–H groups in total. The zero-order valence-electron chi connectivity index (χ0n) is 7.72. The third kappa shape index (κ3) is 1.40. The van der Waals surface area contributed by atoms with Crippen LogP contribution in [-0.4, -0.2) is 0 Å². The van der Waals surface area contributed by atoms with E-state index >= 15 is 0 Å². The molecule has 0 spiro atoms. The molecule has 0 heterocycles. The van der Waals surface area contributed by atoms with Gasteiger partial charge in [0.05, 0.1) is 12.0 Å². The first kappa shape index (κ1) is 8.59. The summed E-state index contributed by atoms with van der Waals surface area (Å²) in [4.78, 5) is 0. The second-order valence-corrected chi connectivity index (χ2v) is 4.34. The van der Waals surface area contributed by atoms with Crippen LogP contribution in [0.5, 0.6) is 0 Å². The standard InChI is InChI=1S/C10H17N/c1-8-5-4-6-9(7-11)10(8,2)3/h8-9H,4-6H2,1-3H3. The molecule has 1 saturated carbocycles. The summed E-state index contributed by atoms with van der Waals surface area (Å²) in [5.41, 5.74) is 0.243. The Balaban J connectivity index is 2.75. The minimum absolute atomic E-state index is 0.243. The molecule has 62 valence electrons. The van der Waals surface area contributed by atoms with Crippen LogP contribution in [-0.2, 0) is 0 Å². The van der Waals surface area contributed by atoms with Gasteiger partial charge in [0, 0.05) is 0 Å². The number of hydrogen-bond acceptors (Lipinski definition) is 1. The minimum atomic E-state index is 0.243. The Hall–Kier alpha value is -0.510. The van der Waals surface area contributed by atoms with Gasteiger partial charge in [-0.15, -0.1) is 0 Å². The van der Waals surface area contributed by atoms with E-state index in [9.17, 15) is 0 Å². The van der Waals surface area contributed by atoms with Crippen molar-refractivity contribution in [3.63, 3.8) is 0 Å². The maximum atomic E-state index is 8.89. The minimum Gasteiger partial charge on any atom is -0.198 e. The fraction of sp³-hybridized carbons (Fsp3) is 0.900. The number of nitriles is 1. The predicted octanol–water partition coefficient (Wildman–Crippen LogP) is 2.97. The van der Waals surface area contributed by atoms with Crippen LogP contribution in [0.2, 0.25) is 0 Å². The molecule has 0 aromatic rings. The van der Waals surface area contributed by atoms with Crippen LogP contribution in [0.1, 0.15) is 40.0 Å². The quantitative estimate of drug-likeness (QED) is 0.522. The van der Waals surface area contributed by atoms with Gasteiger partial charge < -0.3 is 0 Å². The Morgan fingerprint density at radius 2 is 2.00 bits per heavy atom. The maximum absolute atomic E-state index is 8.89. The largest absolute Gasteiger partial charge is 0.198 e. The molecule has 0 aromatic heterocycles. The number of hydrogen-bond donors (Lipinski definition) is 0. The van der Waals surface area contributed by atoms with Crippen molar-refractivity contribution in [2.75, 3.05) is 0 Å². The highest BCUT2D eigenvalue weighted by Gasteiger charge is 2.37. The van der Waals surface area contributed by atoms with E-state index in [-0.39, 0.29) is 11.3 Å². The van der Waals surface area contributed by atoms with Gasteiger partial charge in [0.15, 0.2) is 0 Å². The van der Waals surface area contributed by atoms with E-state index in [1.807, 2.05) is 0 Å². The molecular weight excluding hydrogens is 134 g/mol. The second kappa shape index (κ2) is 2.85. The normalized spacial score (nSPS) is 36.2. The molecule has 2 atom stereocenters. The SMILES string of the molecule is CC1CCCC(C#N)C1(C)C. The van der Waals surface area contributed by atoms with Crippen molar-refractivity contribution in [3.8, 4) is 6.07 Å². The van der Waals surface area contributed by atoms with Crippen molar-refractivity contribution in [2.24, 2.45) is 17.3 Å². The Morgan fingerprint density at radius 3 is 2.45 bits per heavy atom. The first-order valence-electron chi connectivity index (χ1n) is 4.48. The Kier molecular flexibility index (Phi) is 2.23. The molecule has 1 heteroatoms. The summed E-state index contributed by atoms with van der Waals surface area (Å²) in [5.74, 6) is 0.993. The average molecular weight is 151 g/mol. The first-order chi connectivity index (χ1) is 5.09. The van der Waals surface area contributed by atoms with Crippen LogP contribution in [0.25, 0.3) is 0 Å². The highest BCUT2D eigenvalue weighted by Crippen LogP contribution is 2.44. The molecule has 0 aromatic carbocycles. The van der Waals surface area contributed by atoms with Gasteiger partial charge in [-0.25, -0.2) is 0 Å². The van der Waals surface area contributed by atoms with Gasteiger partial charge in [0.1, 0.15) is 0 Å². The van der Waals surface area contributed by atoms with Gasteiger partial charge in [0.25, 0.3) is 0 Å². The molecule has 2 unspecified atom stereocenters. The molecule has 1 aliphatic rings. The molecule has 11 heavy (non-hydrogen) atoms. The van der Waals surface area contributed by atoms with E-state index in [4.69, 9.17) is 5.26 Å². The lowest BCUT2D eigenvalue weighted by atomic mass is 9.63. The maximum Gasteiger partial charge on any atom is 0.0661 e. The van der Waals surface area contributed by atoms with E-state index in [1.165, 1.54) is 12.8 Å². The van der Waals surface area contributed by atoms with Crippen LogP contribution in [0.4, 0.5) is 0 Å². The summed E-state index contributed by atoms with van der Waals surface area (Å²) < 4.78 is 0. The summed E-state index contributed by atoms with van der Waals surface area (Å²) in [6.07, 6.45) is 3.64. The van der Waals surface area contributed by atoms with Crippen LogP contribution < -0.4 is 0 Å². The smallest absolute Gasteiger partial charge is 0.0661 e. The second-order valence-electron chi connectivity index (χ2n) is 4.34. The monoisotopic (exact) mass is 151 g/mol. The molecule has 0 bridgehead atoms. The highest BCUT2D eigenvalue weighted by molar-refractivity contribution is 4.98. The Bertz CT molecular complexity index is 176. The fourth-order valence-electron chi connectivity index (χ4n) is 1.95. The fourth-order valence-corrected chi connectivity index (χ4v) is 1.95. The zero-order valence-corrected chi connectivity index (χ0v) is 7.72. The predicted molar refractivity (Wildman–Crippen MR) is 45.9 cm³/mol. The molecular formula is C10H17N. The summed E-state index contributed by atoms with van der Waals surface area (Å²) in [6.45, 7) is 6.72. The van der Waals surface area contributed by atoms with Gasteiger partial charge in [-0.2, -0.15) is 5.26 Å². The molecule has 1 fully saturated rings. The summed E-state index contributed by atoms with van der Waals surface area (Å²) in [6, 6.07) is 2.42. The van der Waals surface area contributed by atoms with Crippen LogP contribution >= 0.6 is 0 Å². The molecule has 0 amide bonds. The molecule has 1 rings (SSSR count). The molecule has 1 nitrogen and oxygen atoms in total. The topological polar surface area (TPSA) is 23.8 Å². The van der Waals surface area contributed by atoms with E-state index in [1.54, 1.807) is 0 Å². The number of nitrogens with zero attached hydrogens (tertiary/aromatic N) is 1. The van der Waals surface area contributed by atoms with Crippen molar-refractivity contribution in [2.45, 2.75) is 40.0 Å². The van der Waals surface area contributed by atoms with Gasteiger partial charge in [-0.05, 0) is 17.8 Å².